The van der Waals surface area contributed by atoms with E-state index in [-0.39, 0.29) is 17.6 Å². The number of halogens is 1. The van der Waals surface area contributed by atoms with Crippen LogP contribution in [-0.4, -0.2) is 26.1 Å². The summed E-state index contributed by atoms with van der Waals surface area (Å²) in [6, 6.07) is 5.58. The molecule has 104 valence electrons. The van der Waals surface area contributed by atoms with E-state index in [9.17, 15) is 9.18 Å². The fourth-order valence-electron chi connectivity index (χ4n) is 1.59. The number of benzene rings is 1. The van der Waals surface area contributed by atoms with E-state index in [1.54, 1.807) is 6.07 Å². The zero-order valence-corrected chi connectivity index (χ0v) is 10.5. The molecular formula is C13H8FN5O2. The Bertz CT molecular complexity index is 775. The maximum Gasteiger partial charge on any atom is 0.322 e. The van der Waals surface area contributed by atoms with E-state index >= 15 is 0 Å². The molecule has 1 aromatic carbocycles. The molecule has 0 aliphatic carbocycles. The number of hydrogen-bond acceptors (Lipinski definition) is 6. The molecule has 0 radical (unpaired) electrons. The van der Waals surface area contributed by atoms with Crippen molar-refractivity contribution in [1.82, 2.24) is 20.2 Å². The van der Waals surface area contributed by atoms with Gasteiger partial charge < -0.3 is 4.42 Å². The summed E-state index contributed by atoms with van der Waals surface area (Å²) in [5.41, 5.74) is 0.533. The van der Waals surface area contributed by atoms with Crippen molar-refractivity contribution in [2.45, 2.75) is 0 Å². The third kappa shape index (κ3) is 2.89. The lowest BCUT2D eigenvalue weighted by molar-refractivity contribution is 0.101. The van der Waals surface area contributed by atoms with Crippen LogP contribution in [0.5, 0.6) is 0 Å². The summed E-state index contributed by atoms with van der Waals surface area (Å²) in [6.45, 7) is 0. The molecule has 3 aromatic rings. The van der Waals surface area contributed by atoms with Gasteiger partial charge in [0.2, 0.25) is 5.89 Å². The van der Waals surface area contributed by atoms with Gasteiger partial charge in [-0.15, -0.1) is 5.10 Å². The van der Waals surface area contributed by atoms with Gasteiger partial charge in [0.05, 0.1) is 6.20 Å². The number of anilines is 1. The standard InChI is InChI=1S/C13H8FN5O2/c14-9-3-1-2-8(6-9)12-18-19-13(21-12)17-11(20)10-7-15-4-5-16-10/h1-7H,(H,17,19,20). The van der Waals surface area contributed by atoms with Crippen LogP contribution in [0.4, 0.5) is 10.4 Å². The highest BCUT2D eigenvalue weighted by Crippen LogP contribution is 2.20. The van der Waals surface area contributed by atoms with Crippen molar-refractivity contribution in [2.24, 2.45) is 0 Å². The monoisotopic (exact) mass is 285 g/mol. The van der Waals surface area contributed by atoms with Crippen molar-refractivity contribution in [3.05, 3.63) is 54.4 Å². The molecule has 0 aliphatic rings. The number of amides is 1. The smallest absolute Gasteiger partial charge is 0.322 e. The van der Waals surface area contributed by atoms with Crippen molar-refractivity contribution in [3.63, 3.8) is 0 Å². The van der Waals surface area contributed by atoms with E-state index < -0.39 is 11.7 Å². The van der Waals surface area contributed by atoms with Crippen LogP contribution in [0.15, 0.2) is 47.3 Å². The number of aromatic nitrogens is 4. The van der Waals surface area contributed by atoms with Crippen molar-refractivity contribution in [3.8, 4) is 11.5 Å². The van der Waals surface area contributed by atoms with Gasteiger partial charge in [0.25, 0.3) is 5.91 Å². The average Bonchev–Trinajstić information content (AvgIpc) is 2.97. The number of rotatable bonds is 3. The van der Waals surface area contributed by atoms with Gasteiger partial charge in [0, 0.05) is 18.0 Å². The molecule has 3 rings (SSSR count). The Morgan fingerprint density at radius 2 is 2.14 bits per heavy atom. The van der Waals surface area contributed by atoms with Gasteiger partial charge in [0.1, 0.15) is 11.5 Å². The van der Waals surface area contributed by atoms with Gasteiger partial charge in [-0.05, 0) is 18.2 Å². The molecule has 21 heavy (non-hydrogen) atoms. The first-order chi connectivity index (χ1) is 10.2. The number of nitrogens with one attached hydrogen (secondary N) is 1. The van der Waals surface area contributed by atoms with Crippen molar-refractivity contribution in [1.29, 1.82) is 0 Å². The highest BCUT2D eigenvalue weighted by molar-refractivity contribution is 6.01. The van der Waals surface area contributed by atoms with Crippen LogP contribution in [0, 0.1) is 5.82 Å². The number of carbonyl (C=O) groups excluding carboxylic acids is 1. The second-order valence-electron chi connectivity index (χ2n) is 3.97. The topological polar surface area (TPSA) is 93.8 Å². The average molecular weight is 285 g/mol. The minimum Gasteiger partial charge on any atom is -0.403 e. The summed E-state index contributed by atoms with van der Waals surface area (Å²) in [5, 5.41) is 9.80. The Morgan fingerprint density at radius 1 is 1.24 bits per heavy atom. The van der Waals surface area contributed by atoms with Crippen LogP contribution in [0.1, 0.15) is 10.5 Å². The second kappa shape index (κ2) is 5.45. The van der Waals surface area contributed by atoms with E-state index in [2.05, 4.69) is 25.5 Å². The molecule has 2 aromatic heterocycles. The maximum atomic E-state index is 13.1. The molecule has 0 bridgehead atoms. The summed E-state index contributed by atoms with van der Waals surface area (Å²) in [5.74, 6) is -0.850. The molecule has 0 saturated carbocycles. The Labute approximate surface area is 117 Å². The SMILES string of the molecule is O=C(Nc1nnc(-c2cccc(F)c2)o1)c1cnccn1. The van der Waals surface area contributed by atoms with Crippen LogP contribution in [0.3, 0.4) is 0 Å². The molecule has 1 amide bonds. The van der Waals surface area contributed by atoms with Gasteiger partial charge in [-0.2, -0.15) is 0 Å². The molecule has 0 saturated heterocycles. The maximum absolute atomic E-state index is 13.1. The van der Waals surface area contributed by atoms with Crippen LogP contribution in [-0.2, 0) is 0 Å². The van der Waals surface area contributed by atoms with Crippen LogP contribution >= 0.6 is 0 Å². The molecule has 0 atom stereocenters. The largest absolute Gasteiger partial charge is 0.403 e. The third-order valence-corrected chi connectivity index (χ3v) is 2.51. The van der Waals surface area contributed by atoms with Crippen LogP contribution in [0.2, 0.25) is 0 Å². The molecule has 8 heteroatoms. The lowest BCUT2D eigenvalue weighted by atomic mass is 10.2. The highest BCUT2D eigenvalue weighted by Gasteiger charge is 2.13. The molecule has 7 nitrogen and oxygen atoms in total. The fraction of sp³-hybridized carbons (Fsp3) is 0. The summed E-state index contributed by atoms with van der Waals surface area (Å²) in [7, 11) is 0. The third-order valence-electron chi connectivity index (χ3n) is 2.51. The van der Waals surface area contributed by atoms with Gasteiger partial charge >= 0.3 is 6.01 Å². The fourth-order valence-corrected chi connectivity index (χ4v) is 1.59. The Hall–Kier alpha value is -3.16. The minimum absolute atomic E-state index is 0.101. The molecular weight excluding hydrogens is 277 g/mol. The highest BCUT2D eigenvalue weighted by atomic mass is 19.1. The van der Waals surface area contributed by atoms with E-state index in [0.717, 1.165) is 0 Å². The molecule has 2 heterocycles. The first-order valence-electron chi connectivity index (χ1n) is 5.89. The van der Waals surface area contributed by atoms with E-state index in [4.69, 9.17) is 4.42 Å². The lowest BCUT2D eigenvalue weighted by Gasteiger charge is -1.98. The molecule has 0 unspecified atom stereocenters. The molecule has 0 aliphatic heterocycles. The predicted molar refractivity (Wildman–Crippen MR) is 69.7 cm³/mol. The Morgan fingerprint density at radius 3 is 2.90 bits per heavy atom. The summed E-state index contributed by atoms with van der Waals surface area (Å²) < 4.78 is 18.4. The van der Waals surface area contributed by atoms with Gasteiger partial charge in [-0.3, -0.25) is 15.1 Å². The van der Waals surface area contributed by atoms with Crippen LogP contribution in [0.25, 0.3) is 11.5 Å². The van der Waals surface area contributed by atoms with Crippen molar-refractivity contribution < 1.29 is 13.6 Å². The second-order valence-corrected chi connectivity index (χ2v) is 3.97. The van der Waals surface area contributed by atoms with Gasteiger partial charge in [-0.1, -0.05) is 11.2 Å². The van der Waals surface area contributed by atoms with Crippen LogP contribution < -0.4 is 5.32 Å². The summed E-state index contributed by atoms with van der Waals surface area (Å²) in [4.78, 5) is 19.4. The normalized spacial score (nSPS) is 10.3. The van der Waals surface area contributed by atoms with E-state index in [1.165, 1.54) is 36.8 Å². The number of nitrogens with zero attached hydrogens (tertiary/aromatic N) is 4. The van der Waals surface area contributed by atoms with E-state index in [0.29, 0.717) is 5.56 Å². The Balaban J connectivity index is 1.78. The number of carbonyl (C=O) groups is 1. The van der Waals surface area contributed by atoms with Gasteiger partial charge in [-0.25, -0.2) is 9.37 Å². The predicted octanol–water partition coefficient (Wildman–Crippen LogP) is 1.92. The zero-order valence-electron chi connectivity index (χ0n) is 10.5. The molecule has 1 N–H and O–H groups in total. The van der Waals surface area contributed by atoms with E-state index in [1.807, 2.05) is 0 Å². The number of hydrogen-bond donors (Lipinski definition) is 1. The first kappa shape index (κ1) is 12.9. The minimum atomic E-state index is -0.530. The lowest BCUT2D eigenvalue weighted by Crippen LogP contribution is -2.13. The van der Waals surface area contributed by atoms with Crippen molar-refractivity contribution in [2.75, 3.05) is 5.32 Å². The first-order valence-corrected chi connectivity index (χ1v) is 5.89. The zero-order chi connectivity index (χ0) is 14.7. The van der Waals surface area contributed by atoms with Gasteiger partial charge in [0.15, 0.2) is 0 Å². The summed E-state index contributed by atoms with van der Waals surface area (Å²) in [6.07, 6.45) is 4.14. The summed E-state index contributed by atoms with van der Waals surface area (Å²) >= 11 is 0. The molecule has 0 spiro atoms. The Kier molecular flexibility index (Phi) is 3.34. The quantitative estimate of drug-likeness (QED) is 0.790. The van der Waals surface area contributed by atoms with Crippen molar-refractivity contribution >= 4 is 11.9 Å². The molecule has 0 fully saturated rings.